The molecule has 0 radical (unpaired) electrons. The van der Waals surface area contributed by atoms with Crippen LogP contribution in [0.4, 0.5) is 11.7 Å². The fourth-order valence-corrected chi connectivity index (χ4v) is 3.35. The zero-order valence-electron chi connectivity index (χ0n) is 17.3. The minimum atomic E-state index is -0.517. The first-order valence-corrected chi connectivity index (χ1v) is 9.91. The Balaban J connectivity index is 1.48. The number of likely N-dealkylation sites (tertiary alicyclic amines) is 1. The molecule has 2 aromatic rings. The number of hydrogen-bond acceptors (Lipinski definition) is 8. The summed E-state index contributed by atoms with van der Waals surface area (Å²) in [6, 6.07) is 4.13. The standard InChI is InChI=1S/C20H26N4O6/c1-20(2,3)30-17(25)8-11-23-9-6-13(7-10-23)18(26)22-19-21-15-5-4-14(24(27)28)12-16(15)29-19/h4-5,12-13H,6-11H2,1-3H3,(H,21,22,26). The van der Waals surface area contributed by atoms with Gasteiger partial charge in [-0.25, -0.2) is 0 Å². The van der Waals surface area contributed by atoms with Gasteiger partial charge in [0, 0.05) is 18.5 Å². The van der Waals surface area contributed by atoms with Crippen molar-refractivity contribution in [3.8, 4) is 0 Å². The van der Waals surface area contributed by atoms with Crippen LogP contribution in [-0.4, -0.2) is 51.9 Å². The number of aromatic nitrogens is 1. The van der Waals surface area contributed by atoms with Crippen molar-refractivity contribution in [2.24, 2.45) is 5.92 Å². The first kappa shape index (κ1) is 21.7. The monoisotopic (exact) mass is 418 g/mol. The number of carbonyl (C=O) groups is 2. The number of ether oxygens (including phenoxy) is 1. The van der Waals surface area contributed by atoms with Crippen LogP contribution in [0, 0.1) is 16.0 Å². The molecule has 3 rings (SSSR count). The van der Waals surface area contributed by atoms with Crippen molar-refractivity contribution < 1.29 is 23.7 Å². The van der Waals surface area contributed by atoms with Crippen LogP contribution in [0.2, 0.25) is 0 Å². The quantitative estimate of drug-likeness (QED) is 0.430. The maximum absolute atomic E-state index is 12.5. The van der Waals surface area contributed by atoms with Crippen molar-refractivity contribution in [3.63, 3.8) is 0 Å². The molecule has 1 aliphatic rings. The van der Waals surface area contributed by atoms with Crippen LogP contribution >= 0.6 is 0 Å². The van der Waals surface area contributed by atoms with E-state index in [0.29, 0.717) is 44.4 Å². The second kappa shape index (κ2) is 8.78. The largest absolute Gasteiger partial charge is 0.460 e. The predicted molar refractivity (Wildman–Crippen MR) is 109 cm³/mol. The van der Waals surface area contributed by atoms with Gasteiger partial charge in [0.25, 0.3) is 5.69 Å². The van der Waals surface area contributed by atoms with E-state index in [1.54, 1.807) is 0 Å². The van der Waals surface area contributed by atoms with Gasteiger partial charge in [-0.15, -0.1) is 0 Å². The third-order valence-corrected chi connectivity index (χ3v) is 4.82. The Morgan fingerprint density at radius 1 is 1.33 bits per heavy atom. The Morgan fingerprint density at radius 2 is 2.03 bits per heavy atom. The van der Waals surface area contributed by atoms with Gasteiger partial charge in [-0.2, -0.15) is 4.98 Å². The van der Waals surface area contributed by atoms with Crippen molar-refractivity contribution in [1.82, 2.24) is 9.88 Å². The molecule has 162 valence electrons. The van der Waals surface area contributed by atoms with Crippen molar-refractivity contribution in [1.29, 1.82) is 0 Å². The summed E-state index contributed by atoms with van der Waals surface area (Å²) < 4.78 is 10.8. The number of fused-ring (bicyclic) bond motifs is 1. The molecule has 0 spiro atoms. The molecule has 10 nitrogen and oxygen atoms in total. The van der Waals surface area contributed by atoms with Crippen LogP contribution < -0.4 is 5.32 Å². The number of carbonyl (C=O) groups excluding carboxylic acids is 2. The molecule has 1 amide bonds. The molecule has 10 heteroatoms. The van der Waals surface area contributed by atoms with Crippen molar-refractivity contribution >= 4 is 34.7 Å². The summed E-state index contributed by atoms with van der Waals surface area (Å²) in [5.74, 6) is -0.603. The van der Waals surface area contributed by atoms with Gasteiger partial charge in [0.1, 0.15) is 11.1 Å². The number of benzene rings is 1. The van der Waals surface area contributed by atoms with Crippen LogP contribution in [-0.2, 0) is 14.3 Å². The first-order valence-electron chi connectivity index (χ1n) is 9.91. The maximum atomic E-state index is 12.5. The third-order valence-electron chi connectivity index (χ3n) is 4.82. The van der Waals surface area contributed by atoms with E-state index in [-0.39, 0.29) is 35.1 Å². The highest BCUT2D eigenvalue weighted by molar-refractivity contribution is 5.92. The van der Waals surface area contributed by atoms with E-state index in [1.165, 1.54) is 18.2 Å². The van der Waals surface area contributed by atoms with Gasteiger partial charge in [0.05, 0.1) is 17.4 Å². The third kappa shape index (κ3) is 5.76. The minimum absolute atomic E-state index is 0.0304. The molecular formula is C20H26N4O6. The molecule has 1 fully saturated rings. The zero-order valence-corrected chi connectivity index (χ0v) is 17.3. The Hall–Kier alpha value is -3.01. The molecular weight excluding hydrogens is 392 g/mol. The number of rotatable bonds is 6. The van der Waals surface area contributed by atoms with Crippen molar-refractivity contribution in [2.45, 2.75) is 45.6 Å². The van der Waals surface area contributed by atoms with E-state index in [0.717, 1.165) is 0 Å². The van der Waals surface area contributed by atoms with E-state index < -0.39 is 10.5 Å². The number of anilines is 1. The number of non-ortho nitro benzene ring substituents is 1. The van der Waals surface area contributed by atoms with Crippen LogP contribution in [0.25, 0.3) is 11.1 Å². The lowest BCUT2D eigenvalue weighted by molar-refractivity contribution is -0.384. The molecule has 0 saturated carbocycles. The fourth-order valence-electron chi connectivity index (χ4n) is 3.35. The maximum Gasteiger partial charge on any atom is 0.307 e. The number of amides is 1. The summed E-state index contributed by atoms with van der Waals surface area (Å²) in [5.41, 5.74) is 0.0946. The molecule has 2 heterocycles. The zero-order chi connectivity index (χ0) is 21.9. The molecule has 1 aromatic carbocycles. The topological polar surface area (TPSA) is 128 Å². The second-order valence-electron chi connectivity index (χ2n) is 8.37. The van der Waals surface area contributed by atoms with E-state index in [9.17, 15) is 19.7 Å². The van der Waals surface area contributed by atoms with Gasteiger partial charge in [0.15, 0.2) is 5.58 Å². The van der Waals surface area contributed by atoms with E-state index in [2.05, 4.69) is 15.2 Å². The SMILES string of the molecule is CC(C)(C)OC(=O)CCN1CCC(C(=O)Nc2nc3ccc([N+](=O)[O-])cc3o2)CC1. The summed E-state index contributed by atoms with van der Waals surface area (Å²) in [7, 11) is 0. The Morgan fingerprint density at radius 3 is 2.67 bits per heavy atom. The van der Waals surface area contributed by atoms with Gasteiger partial charge in [-0.3, -0.25) is 25.0 Å². The van der Waals surface area contributed by atoms with Gasteiger partial charge >= 0.3 is 12.0 Å². The van der Waals surface area contributed by atoms with Crippen molar-refractivity contribution in [2.75, 3.05) is 25.0 Å². The Bertz CT molecular complexity index is 940. The minimum Gasteiger partial charge on any atom is -0.460 e. The molecule has 0 unspecified atom stereocenters. The van der Waals surface area contributed by atoms with Crippen LogP contribution in [0.3, 0.4) is 0 Å². The molecule has 0 atom stereocenters. The molecule has 1 aromatic heterocycles. The number of nitrogens with zero attached hydrogens (tertiary/aromatic N) is 3. The molecule has 1 aliphatic heterocycles. The summed E-state index contributed by atoms with van der Waals surface area (Å²) in [4.78, 5) is 41.0. The number of hydrogen-bond donors (Lipinski definition) is 1. The average Bonchev–Trinajstić information content (AvgIpc) is 3.06. The number of piperidine rings is 1. The molecule has 30 heavy (non-hydrogen) atoms. The normalized spacial score (nSPS) is 15.8. The van der Waals surface area contributed by atoms with Crippen LogP contribution in [0.5, 0.6) is 0 Å². The summed E-state index contributed by atoms with van der Waals surface area (Å²) in [6.07, 6.45) is 1.64. The van der Waals surface area contributed by atoms with E-state index in [4.69, 9.17) is 9.15 Å². The van der Waals surface area contributed by atoms with Gasteiger partial charge in [-0.1, -0.05) is 0 Å². The highest BCUT2D eigenvalue weighted by Crippen LogP contribution is 2.25. The Labute approximate surface area is 173 Å². The van der Waals surface area contributed by atoms with E-state index in [1.807, 2.05) is 20.8 Å². The highest BCUT2D eigenvalue weighted by Gasteiger charge is 2.27. The van der Waals surface area contributed by atoms with Gasteiger partial charge < -0.3 is 14.1 Å². The number of oxazole rings is 1. The van der Waals surface area contributed by atoms with Crippen LogP contribution in [0.15, 0.2) is 22.6 Å². The lowest BCUT2D eigenvalue weighted by Gasteiger charge is -2.31. The predicted octanol–water partition coefficient (Wildman–Crippen LogP) is 3.12. The summed E-state index contributed by atoms with van der Waals surface area (Å²) in [6.45, 7) is 7.54. The first-order chi connectivity index (χ1) is 14.1. The van der Waals surface area contributed by atoms with Crippen molar-refractivity contribution in [3.05, 3.63) is 28.3 Å². The second-order valence-corrected chi connectivity index (χ2v) is 8.37. The summed E-state index contributed by atoms with van der Waals surface area (Å²) >= 11 is 0. The van der Waals surface area contributed by atoms with Gasteiger partial charge in [0.2, 0.25) is 5.91 Å². The number of nitro benzene ring substituents is 1. The highest BCUT2D eigenvalue weighted by atomic mass is 16.6. The number of esters is 1. The van der Waals surface area contributed by atoms with Crippen LogP contribution in [0.1, 0.15) is 40.0 Å². The number of nitrogens with one attached hydrogen (secondary N) is 1. The van der Waals surface area contributed by atoms with E-state index >= 15 is 0 Å². The molecule has 1 N–H and O–H groups in total. The fraction of sp³-hybridized carbons (Fsp3) is 0.550. The Kier molecular flexibility index (Phi) is 6.35. The molecule has 0 bridgehead atoms. The lowest BCUT2D eigenvalue weighted by atomic mass is 9.96. The number of nitro groups is 1. The average molecular weight is 418 g/mol. The van der Waals surface area contributed by atoms with Gasteiger partial charge in [-0.05, 0) is 52.8 Å². The molecule has 0 aliphatic carbocycles. The summed E-state index contributed by atoms with van der Waals surface area (Å²) in [5, 5.41) is 13.5. The smallest absolute Gasteiger partial charge is 0.307 e. The molecule has 1 saturated heterocycles. The lowest BCUT2D eigenvalue weighted by Crippen LogP contribution is -2.39.